The normalized spacial score (nSPS) is 10.3. The third-order valence-electron chi connectivity index (χ3n) is 1.63. The molecule has 0 unspecified atom stereocenters. The van der Waals surface area contributed by atoms with Crippen LogP contribution in [0.15, 0.2) is 22.1 Å². The Morgan fingerprint density at radius 2 is 2.00 bits per heavy atom. The molecule has 1 aromatic rings. The zero-order valence-electron chi connectivity index (χ0n) is 8.69. The lowest BCUT2D eigenvalue weighted by Gasteiger charge is -2.06. The highest BCUT2D eigenvalue weighted by atomic mass is 32.2. The summed E-state index contributed by atoms with van der Waals surface area (Å²) in [5.74, 6) is 0.889. The molecule has 1 heterocycles. The standard InChI is InChI=1S/C10H13NO2S2/c1-3-14-8-6-5-7(10(12)13)11-9(8)15-4-2/h5-6H,3-4H2,1-2H3,(H,12,13). The molecule has 0 bridgehead atoms. The van der Waals surface area contributed by atoms with Crippen LogP contribution >= 0.6 is 23.5 Å². The average molecular weight is 243 g/mol. The van der Waals surface area contributed by atoms with Crippen molar-refractivity contribution in [3.05, 3.63) is 17.8 Å². The van der Waals surface area contributed by atoms with Crippen molar-refractivity contribution < 1.29 is 9.90 Å². The van der Waals surface area contributed by atoms with Gasteiger partial charge < -0.3 is 5.11 Å². The number of hydrogen-bond acceptors (Lipinski definition) is 4. The highest BCUT2D eigenvalue weighted by molar-refractivity contribution is 8.02. The molecule has 15 heavy (non-hydrogen) atoms. The minimum Gasteiger partial charge on any atom is -0.477 e. The lowest BCUT2D eigenvalue weighted by Crippen LogP contribution is -2.01. The van der Waals surface area contributed by atoms with Crippen molar-refractivity contribution in [2.45, 2.75) is 23.8 Å². The van der Waals surface area contributed by atoms with Crippen LogP contribution in [0.2, 0.25) is 0 Å². The summed E-state index contributed by atoms with van der Waals surface area (Å²) >= 11 is 3.26. The first-order valence-corrected chi connectivity index (χ1v) is 6.66. The molecule has 0 fully saturated rings. The number of hydrogen-bond donors (Lipinski definition) is 1. The van der Waals surface area contributed by atoms with Crippen molar-refractivity contribution in [2.24, 2.45) is 0 Å². The molecular weight excluding hydrogens is 230 g/mol. The lowest BCUT2D eigenvalue weighted by atomic mass is 10.3. The summed E-state index contributed by atoms with van der Waals surface area (Å²) in [6.45, 7) is 4.09. The molecule has 3 nitrogen and oxygen atoms in total. The second-order valence-corrected chi connectivity index (χ2v) is 5.23. The molecule has 0 aliphatic carbocycles. The maximum absolute atomic E-state index is 10.7. The molecule has 1 aromatic heterocycles. The smallest absolute Gasteiger partial charge is 0.354 e. The van der Waals surface area contributed by atoms with Gasteiger partial charge in [0.25, 0.3) is 0 Å². The van der Waals surface area contributed by atoms with Crippen molar-refractivity contribution in [3.63, 3.8) is 0 Å². The van der Waals surface area contributed by atoms with Gasteiger partial charge in [-0.05, 0) is 23.6 Å². The molecule has 0 spiro atoms. The number of carboxylic acids is 1. The summed E-state index contributed by atoms with van der Waals surface area (Å²) in [7, 11) is 0. The number of nitrogens with zero attached hydrogens (tertiary/aromatic N) is 1. The Bertz CT molecular complexity index is 355. The summed E-state index contributed by atoms with van der Waals surface area (Å²) in [5, 5.41) is 9.64. The number of carboxylic acid groups (broad SMARTS) is 1. The first-order chi connectivity index (χ1) is 7.19. The fourth-order valence-electron chi connectivity index (χ4n) is 1.05. The van der Waals surface area contributed by atoms with E-state index in [1.54, 1.807) is 29.6 Å². The van der Waals surface area contributed by atoms with E-state index in [-0.39, 0.29) is 5.69 Å². The minimum absolute atomic E-state index is 0.117. The van der Waals surface area contributed by atoms with Crippen LogP contribution in [-0.2, 0) is 0 Å². The second-order valence-electron chi connectivity index (χ2n) is 2.67. The Hall–Kier alpha value is -0.680. The first-order valence-electron chi connectivity index (χ1n) is 4.69. The van der Waals surface area contributed by atoms with Gasteiger partial charge in [0.15, 0.2) is 0 Å². The Balaban J connectivity index is 3.02. The summed E-state index contributed by atoms with van der Waals surface area (Å²) in [6.07, 6.45) is 0. The summed E-state index contributed by atoms with van der Waals surface area (Å²) < 4.78 is 0. The van der Waals surface area contributed by atoms with E-state index >= 15 is 0 Å². The third kappa shape index (κ3) is 3.43. The van der Waals surface area contributed by atoms with Gasteiger partial charge in [-0.2, -0.15) is 0 Å². The maximum Gasteiger partial charge on any atom is 0.354 e. The van der Waals surface area contributed by atoms with E-state index < -0.39 is 5.97 Å². The molecule has 82 valence electrons. The molecule has 0 atom stereocenters. The summed E-state index contributed by atoms with van der Waals surface area (Å²) in [6, 6.07) is 3.39. The maximum atomic E-state index is 10.7. The third-order valence-corrected chi connectivity index (χ3v) is 3.56. The predicted molar refractivity (Wildman–Crippen MR) is 64.0 cm³/mol. The van der Waals surface area contributed by atoms with Crippen molar-refractivity contribution in [1.82, 2.24) is 4.98 Å². The number of rotatable bonds is 5. The Morgan fingerprint density at radius 1 is 1.33 bits per heavy atom. The number of aromatic carboxylic acids is 1. The van der Waals surface area contributed by atoms with Gasteiger partial charge in [0, 0.05) is 4.90 Å². The first kappa shape index (κ1) is 12.4. The van der Waals surface area contributed by atoms with Crippen LogP contribution in [0.1, 0.15) is 24.3 Å². The molecule has 0 amide bonds. The van der Waals surface area contributed by atoms with Crippen LogP contribution in [-0.4, -0.2) is 27.6 Å². The number of carbonyl (C=O) groups is 1. The number of aromatic nitrogens is 1. The van der Waals surface area contributed by atoms with Gasteiger partial charge in [-0.25, -0.2) is 9.78 Å². The zero-order chi connectivity index (χ0) is 11.3. The fourth-order valence-corrected chi connectivity index (χ4v) is 2.70. The molecular formula is C10H13NO2S2. The van der Waals surface area contributed by atoms with Gasteiger partial charge in [0.1, 0.15) is 10.7 Å². The minimum atomic E-state index is -0.971. The van der Waals surface area contributed by atoms with E-state index in [2.05, 4.69) is 11.9 Å². The SMILES string of the molecule is CCSc1ccc(C(=O)O)nc1SCC. The summed E-state index contributed by atoms with van der Waals surface area (Å²) in [5.41, 5.74) is 0.117. The van der Waals surface area contributed by atoms with E-state index in [4.69, 9.17) is 5.11 Å². The summed E-state index contributed by atoms with van der Waals surface area (Å²) in [4.78, 5) is 15.9. The fraction of sp³-hybridized carbons (Fsp3) is 0.400. The van der Waals surface area contributed by atoms with Crippen LogP contribution in [0.3, 0.4) is 0 Å². The van der Waals surface area contributed by atoms with Gasteiger partial charge in [0.05, 0.1) is 0 Å². The molecule has 0 aliphatic heterocycles. The van der Waals surface area contributed by atoms with E-state index in [9.17, 15) is 4.79 Å². The highest BCUT2D eigenvalue weighted by Crippen LogP contribution is 2.29. The largest absolute Gasteiger partial charge is 0.477 e. The number of thioether (sulfide) groups is 2. The molecule has 1 N–H and O–H groups in total. The molecule has 0 aliphatic rings. The topological polar surface area (TPSA) is 50.2 Å². The second kappa shape index (κ2) is 6.02. The number of pyridine rings is 1. The van der Waals surface area contributed by atoms with E-state index in [0.29, 0.717) is 0 Å². The van der Waals surface area contributed by atoms with Crippen molar-refractivity contribution in [2.75, 3.05) is 11.5 Å². The van der Waals surface area contributed by atoms with E-state index in [1.165, 1.54) is 0 Å². The van der Waals surface area contributed by atoms with Gasteiger partial charge >= 0.3 is 5.97 Å². The zero-order valence-corrected chi connectivity index (χ0v) is 10.3. The van der Waals surface area contributed by atoms with Crippen molar-refractivity contribution in [3.8, 4) is 0 Å². The lowest BCUT2D eigenvalue weighted by molar-refractivity contribution is 0.0689. The van der Waals surface area contributed by atoms with Crippen LogP contribution in [0.25, 0.3) is 0 Å². The van der Waals surface area contributed by atoms with E-state index in [1.807, 2.05) is 13.0 Å². The van der Waals surface area contributed by atoms with Crippen LogP contribution in [0.4, 0.5) is 0 Å². The molecule has 0 radical (unpaired) electrons. The molecule has 0 saturated carbocycles. The average Bonchev–Trinajstić information content (AvgIpc) is 2.21. The quantitative estimate of drug-likeness (QED) is 0.806. The Labute approximate surface area is 97.7 Å². The highest BCUT2D eigenvalue weighted by Gasteiger charge is 2.10. The van der Waals surface area contributed by atoms with Gasteiger partial charge in [-0.3, -0.25) is 0 Å². The Kier molecular flexibility index (Phi) is 4.98. The molecule has 1 rings (SSSR count). The van der Waals surface area contributed by atoms with Crippen LogP contribution < -0.4 is 0 Å². The monoisotopic (exact) mass is 243 g/mol. The van der Waals surface area contributed by atoms with Gasteiger partial charge in [-0.1, -0.05) is 13.8 Å². The molecule has 0 saturated heterocycles. The van der Waals surface area contributed by atoms with Gasteiger partial charge in [0.2, 0.25) is 0 Å². The van der Waals surface area contributed by atoms with Crippen LogP contribution in [0, 0.1) is 0 Å². The van der Waals surface area contributed by atoms with Crippen LogP contribution in [0.5, 0.6) is 0 Å². The predicted octanol–water partition coefficient (Wildman–Crippen LogP) is 3.00. The molecule has 0 aromatic carbocycles. The van der Waals surface area contributed by atoms with E-state index in [0.717, 1.165) is 21.4 Å². The van der Waals surface area contributed by atoms with Crippen molar-refractivity contribution in [1.29, 1.82) is 0 Å². The van der Waals surface area contributed by atoms with Crippen molar-refractivity contribution >= 4 is 29.5 Å². The molecule has 5 heteroatoms. The Morgan fingerprint density at radius 3 is 2.53 bits per heavy atom. The van der Waals surface area contributed by atoms with Gasteiger partial charge in [-0.15, -0.1) is 23.5 Å².